The van der Waals surface area contributed by atoms with Gasteiger partial charge in [0.2, 0.25) is 0 Å². The molecule has 0 saturated carbocycles. The Balaban J connectivity index is 1.81. The highest BCUT2D eigenvalue weighted by atomic mass is 28.3. The number of aliphatic hydroxyl groups is 1. The van der Waals surface area contributed by atoms with Gasteiger partial charge in [0.1, 0.15) is 23.9 Å². The van der Waals surface area contributed by atoms with Crippen molar-refractivity contribution in [3.8, 4) is 5.75 Å². The fraction of sp³-hybridized carbons (Fsp3) is 0.400. The van der Waals surface area contributed by atoms with E-state index in [0.717, 1.165) is 22.7 Å². The van der Waals surface area contributed by atoms with E-state index in [1.165, 1.54) is 0 Å². The van der Waals surface area contributed by atoms with E-state index < -0.39 is 13.7 Å². The highest BCUT2D eigenvalue weighted by Crippen LogP contribution is 2.33. The number of hydrogen-bond acceptors (Lipinski definition) is 4. The van der Waals surface area contributed by atoms with E-state index in [-0.39, 0.29) is 5.75 Å². The summed E-state index contributed by atoms with van der Waals surface area (Å²) in [5, 5.41) is 21.8. The smallest absolute Gasteiger partial charge is 0.147 e. The van der Waals surface area contributed by atoms with Crippen LogP contribution < -0.4 is 0 Å². The zero-order chi connectivity index (χ0) is 22.5. The normalized spacial score (nSPS) is 13.8. The number of imidazole rings is 1. The Hall–Kier alpha value is -2.41. The Morgan fingerprint density at radius 1 is 1.10 bits per heavy atom. The number of phenols is 1. The van der Waals surface area contributed by atoms with E-state index >= 15 is 0 Å². The van der Waals surface area contributed by atoms with Crippen LogP contribution in [-0.2, 0) is 23.5 Å². The molecule has 1 unspecified atom stereocenters. The molecule has 0 fully saturated rings. The summed E-state index contributed by atoms with van der Waals surface area (Å²) in [7, 11) is -1.15. The van der Waals surface area contributed by atoms with Crippen LogP contribution in [0.15, 0.2) is 60.9 Å². The molecule has 1 atom stereocenters. The van der Waals surface area contributed by atoms with Crippen molar-refractivity contribution < 1.29 is 14.9 Å². The molecule has 166 valence electrons. The maximum Gasteiger partial charge on any atom is 0.147 e. The van der Waals surface area contributed by atoms with E-state index in [1.54, 1.807) is 12.3 Å². The molecule has 0 bridgehead atoms. The lowest BCUT2D eigenvalue weighted by Gasteiger charge is -2.28. The lowest BCUT2D eigenvalue weighted by molar-refractivity contribution is 0.0404. The summed E-state index contributed by atoms with van der Waals surface area (Å²) in [5.41, 5.74) is 1.45. The molecular formula is C25H34N2O3Si. The van der Waals surface area contributed by atoms with Crippen LogP contribution in [0.25, 0.3) is 0 Å². The highest BCUT2D eigenvalue weighted by molar-refractivity contribution is 6.76. The van der Waals surface area contributed by atoms with Crippen LogP contribution >= 0.6 is 0 Å². The summed E-state index contributed by atoms with van der Waals surface area (Å²) in [4.78, 5) is 4.49. The molecule has 3 aromatic rings. The van der Waals surface area contributed by atoms with Gasteiger partial charge in [0.05, 0.1) is 0 Å². The molecule has 0 spiro atoms. The highest BCUT2D eigenvalue weighted by Gasteiger charge is 2.34. The van der Waals surface area contributed by atoms with Gasteiger partial charge in [-0.15, -0.1) is 0 Å². The lowest BCUT2D eigenvalue weighted by Crippen LogP contribution is -2.31. The lowest BCUT2D eigenvalue weighted by atomic mass is 9.88. The van der Waals surface area contributed by atoms with E-state index in [0.29, 0.717) is 32.0 Å². The third-order valence-corrected chi connectivity index (χ3v) is 7.32. The first-order valence-corrected chi connectivity index (χ1v) is 14.6. The Bertz CT molecular complexity index is 996. The molecule has 5 nitrogen and oxygen atoms in total. The monoisotopic (exact) mass is 438 g/mol. The maximum atomic E-state index is 11.7. The second-order valence-electron chi connectivity index (χ2n) is 9.29. The van der Waals surface area contributed by atoms with Crippen molar-refractivity contribution in [1.29, 1.82) is 0 Å². The van der Waals surface area contributed by atoms with Crippen LogP contribution in [0.2, 0.25) is 25.7 Å². The number of aromatic hydroxyl groups is 1. The minimum absolute atomic E-state index is 0.282. The van der Waals surface area contributed by atoms with E-state index in [1.807, 2.05) is 60.2 Å². The van der Waals surface area contributed by atoms with Gasteiger partial charge in [-0.25, -0.2) is 4.98 Å². The zero-order valence-electron chi connectivity index (χ0n) is 19.0. The van der Waals surface area contributed by atoms with Crippen molar-refractivity contribution in [3.05, 3.63) is 83.4 Å². The second kappa shape index (κ2) is 9.81. The predicted molar refractivity (Wildman–Crippen MR) is 127 cm³/mol. The van der Waals surface area contributed by atoms with Gasteiger partial charge in [0.25, 0.3) is 0 Å². The molecule has 3 rings (SSSR count). The van der Waals surface area contributed by atoms with E-state index in [4.69, 9.17) is 4.74 Å². The molecule has 31 heavy (non-hydrogen) atoms. The van der Waals surface area contributed by atoms with Gasteiger partial charge in [-0.3, -0.25) is 0 Å². The number of benzene rings is 2. The summed E-state index contributed by atoms with van der Waals surface area (Å²) in [6.45, 7) is 10.0. The molecule has 1 heterocycles. The first-order chi connectivity index (χ1) is 14.7. The molecule has 0 aliphatic carbocycles. The fourth-order valence-corrected chi connectivity index (χ4v) is 4.39. The average Bonchev–Trinajstić information content (AvgIpc) is 3.21. The molecule has 2 aromatic carbocycles. The summed E-state index contributed by atoms with van der Waals surface area (Å²) in [6.07, 6.45) is 4.65. The van der Waals surface area contributed by atoms with Crippen LogP contribution in [0.4, 0.5) is 0 Å². The Morgan fingerprint density at radius 3 is 2.58 bits per heavy atom. The predicted octanol–water partition coefficient (Wildman–Crippen LogP) is 5.14. The van der Waals surface area contributed by atoms with Gasteiger partial charge in [-0.2, -0.15) is 0 Å². The summed E-state index contributed by atoms with van der Waals surface area (Å²) < 4.78 is 7.80. The van der Waals surface area contributed by atoms with Gasteiger partial charge in [-0.1, -0.05) is 69.0 Å². The largest absolute Gasteiger partial charge is 0.508 e. The van der Waals surface area contributed by atoms with Crippen molar-refractivity contribution >= 4 is 8.07 Å². The van der Waals surface area contributed by atoms with Gasteiger partial charge in [-0.05, 0) is 35.2 Å². The molecule has 0 aliphatic rings. The third kappa shape index (κ3) is 5.85. The molecule has 2 N–H and O–H groups in total. The molecule has 6 heteroatoms. The van der Waals surface area contributed by atoms with Crippen LogP contribution in [-0.4, -0.2) is 34.4 Å². The number of phenolic OH excluding ortho intramolecular Hbond substituents is 1. The number of ether oxygens (including phenoxy) is 1. The fourth-order valence-electron chi connectivity index (χ4n) is 3.63. The van der Waals surface area contributed by atoms with Crippen molar-refractivity contribution in [2.45, 2.75) is 57.8 Å². The molecule has 0 amide bonds. The zero-order valence-corrected chi connectivity index (χ0v) is 20.0. The van der Waals surface area contributed by atoms with Gasteiger partial charge < -0.3 is 19.5 Å². The van der Waals surface area contributed by atoms with Crippen LogP contribution in [0, 0.1) is 0 Å². The Labute approximate surface area is 186 Å². The summed E-state index contributed by atoms with van der Waals surface area (Å²) >= 11 is 0. The molecule has 0 saturated heterocycles. The number of rotatable bonds is 10. The minimum Gasteiger partial charge on any atom is -0.508 e. The maximum absolute atomic E-state index is 11.7. The molecule has 1 aromatic heterocycles. The molecular weight excluding hydrogens is 404 g/mol. The van der Waals surface area contributed by atoms with Crippen LogP contribution in [0.3, 0.4) is 0 Å². The quantitative estimate of drug-likeness (QED) is 0.340. The van der Waals surface area contributed by atoms with Crippen molar-refractivity contribution in [1.82, 2.24) is 9.55 Å². The third-order valence-electron chi connectivity index (χ3n) is 5.61. The summed E-state index contributed by atoms with van der Waals surface area (Å²) in [5.74, 6) is 0.868. The van der Waals surface area contributed by atoms with Crippen LogP contribution in [0.1, 0.15) is 35.9 Å². The first-order valence-electron chi connectivity index (χ1n) is 10.9. The Kier molecular flexibility index (Phi) is 7.36. The molecule has 0 aliphatic heterocycles. The number of hydrogen-bond donors (Lipinski definition) is 2. The van der Waals surface area contributed by atoms with E-state index in [2.05, 4.69) is 24.6 Å². The average molecular weight is 439 g/mol. The first kappa shape index (κ1) is 23.3. The molecule has 0 radical (unpaired) electrons. The van der Waals surface area contributed by atoms with E-state index in [9.17, 15) is 10.2 Å². The standard InChI is InChI=1S/C25H34N2O3Si/c1-5-25(29,24-26-13-14-27(24)19-30-15-16-31(2,3)4)22-11-8-9-20(18-22)17-21-10-6-7-12-23(21)28/h6-14,18,28-29H,5,15-17,19H2,1-4H3. The summed E-state index contributed by atoms with van der Waals surface area (Å²) in [6, 6.07) is 16.3. The number of nitrogens with zero attached hydrogens (tertiary/aromatic N) is 2. The van der Waals surface area contributed by atoms with Gasteiger partial charge >= 0.3 is 0 Å². The Morgan fingerprint density at radius 2 is 1.87 bits per heavy atom. The topological polar surface area (TPSA) is 67.5 Å². The SMILES string of the molecule is CCC(O)(c1cccc(Cc2ccccc2O)c1)c1nccn1COCC[Si](C)(C)C. The van der Waals surface area contributed by atoms with Crippen molar-refractivity contribution in [2.24, 2.45) is 0 Å². The van der Waals surface area contributed by atoms with Gasteiger partial charge in [0, 0.05) is 33.5 Å². The number of para-hydroxylation sites is 1. The minimum atomic E-state index is -1.22. The van der Waals surface area contributed by atoms with Gasteiger partial charge in [0.15, 0.2) is 0 Å². The number of aromatic nitrogens is 2. The van der Waals surface area contributed by atoms with Crippen molar-refractivity contribution in [2.75, 3.05) is 6.61 Å². The van der Waals surface area contributed by atoms with Crippen LogP contribution in [0.5, 0.6) is 5.75 Å². The van der Waals surface area contributed by atoms with Crippen molar-refractivity contribution in [3.63, 3.8) is 0 Å². The second-order valence-corrected chi connectivity index (χ2v) is 14.9.